The van der Waals surface area contributed by atoms with Gasteiger partial charge in [-0.15, -0.1) is 0 Å². The van der Waals surface area contributed by atoms with Crippen molar-refractivity contribution < 1.29 is 0 Å². The molecule has 9 nitrogen and oxygen atoms in total. The maximum absolute atomic E-state index is 13.6. The number of aromatic nitrogens is 6. The molecule has 1 fully saturated rings. The van der Waals surface area contributed by atoms with Crippen molar-refractivity contribution >= 4 is 38.3 Å². The van der Waals surface area contributed by atoms with E-state index in [0.29, 0.717) is 38.2 Å². The van der Waals surface area contributed by atoms with Gasteiger partial charge in [-0.3, -0.25) is 9.36 Å². The van der Waals surface area contributed by atoms with Crippen LogP contribution in [0.5, 0.6) is 0 Å². The molecule has 0 radical (unpaired) electrons. The molecule has 32 heavy (non-hydrogen) atoms. The number of anilines is 1. The quantitative estimate of drug-likeness (QED) is 0.418. The average molecular weight is 487 g/mol. The first-order valence-corrected chi connectivity index (χ1v) is 10.8. The maximum Gasteiger partial charge on any atom is 0.283 e. The Hall–Kier alpha value is -3.97. The summed E-state index contributed by atoms with van der Waals surface area (Å²) in [5.74, 6) is 1.27. The SMILES string of the molecule is N#Cc1c[nH]c2ncnc(N3CCC3c3nn4ccc(Br)c4c(=O)n3-c3ccccc3)c12. The summed E-state index contributed by atoms with van der Waals surface area (Å²) in [4.78, 5) is 27.4. The van der Waals surface area contributed by atoms with Crippen LogP contribution in [0.3, 0.4) is 0 Å². The first-order valence-electron chi connectivity index (χ1n) is 10.0. The van der Waals surface area contributed by atoms with Crippen LogP contribution in [0.1, 0.15) is 23.9 Å². The summed E-state index contributed by atoms with van der Waals surface area (Å²) in [6, 6.07) is 13.3. The van der Waals surface area contributed by atoms with Crippen LogP contribution in [0, 0.1) is 11.3 Å². The minimum atomic E-state index is -0.187. The zero-order valence-corrected chi connectivity index (χ0v) is 18.2. The van der Waals surface area contributed by atoms with Crippen LogP contribution in [0.2, 0.25) is 0 Å². The lowest BCUT2D eigenvalue weighted by molar-refractivity contribution is 0.424. The fraction of sp³-hybridized carbons (Fsp3) is 0.136. The predicted octanol–water partition coefficient (Wildman–Crippen LogP) is 3.34. The third-order valence-electron chi connectivity index (χ3n) is 5.84. The van der Waals surface area contributed by atoms with Crippen LogP contribution in [0.25, 0.3) is 22.2 Å². The van der Waals surface area contributed by atoms with Crippen molar-refractivity contribution in [2.24, 2.45) is 0 Å². The summed E-state index contributed by atoms with van der Waals surface area (Å²) < 4.78 is 3.97. The van der Waals surface area contributed by atoms with Gasteiger partial charge in [-0.1, -0.05) is 18.2 Å². The number of fused-ring (bicyclic) bond motifs is 2. The number of rotatable bonds is 3. The summed E-state index contributed by atoms with van der Waals surface area (Å²) in [7, 11) is 0. The minimum Gasteiger partial charge on any atom is -0.345 e. The Morgan fingerprint density at radius 2 is 2.03 bits per heavy atom. The second-order valence-corrected chi connectivity index (χ2v) is 8.38. The number of hydrogen-bond acceptors (Lipinski definition) is 6. The summed E-state index contributed by atoms with van der Waals surface area (Å²) in [6.07, 6.45) is 5.68. The highest BCUT2D eigenvalue weighted by atomic mass is 79.9. The number of nitrogens with one attached hydrogen (secondary N) is 1. The van der Waals surface area contributed by atoms with E-state index in [2.05, 4.69) is 41.9 Å². The van der Waals surface area contributed by atoms with Gasteiger partial charge in [0.05, 0.1) is 27.2 Å². The molecule has 5 heterocycles. The Kier molecular flexibility index (Phi) is 4.13. The van der Waals surface area contributed by atoms with E-state index in [-0.39, 0.29) is 11.6 Å². The molecule has 6 rings (SSSR count). The second-order valence-electron chi connectivity index (χ2n) is 7.52. The second kappa shape index (κ2) is 7.03. The van der Waals surface area contributed by atoms with E-state index in [1.165, 1.54) is 6.33 Å². The molecule has 1 aliphatic heterocycles. The highest BCUT2D eigenvalue weighted by Gasteiger charge is 2.37. The molecular weight excluding hydrogens is 472 g/mol. The Bertz CT molecular complexity index is 1590. The van der Waals surface area contributed by atoms with Gasteiger partial charge in [-0.05, 0) is 40.5 Å². The van der Waals surface area contributed by atoms with Gasteiger partial charge >= 0.3 is 0 Å². The van der Waals surface area contributed by atoms with Gasteiger partial charge < -0.3 is 9.88 Å². The van der Waals surface area contributed by atoms with Gasteiger partial charge in [0.1, 0.15) is 29.4 Å². The fourth-order valence-corrected chi connectivity index (χ4v) is 4.72. The Labute approximate surface area is 189 Å². The zero-order valence-electron chi connectivity index (χ0n) is 16.6. The molecule has 1 atom stereocenters. The third kappa shape index (κ3) is 2.61. The highest BCUT2D eigenvalue weighted by molar-refractivity contribution is 9.10. The molecule has 1 saturated heterocycles. The van der Waals surface area contributed by atoms with Gasteiger partial charge in [0.2, 0.25) is 0 Å². The topological polar surface area (TPSA) is 108 Å². The van der Waals surface area contributed by atoms with Gasteiger partial charge in [-0.25, -0.2) is 14.5 Å². The van der Waals surface area contributed by atoms with E-state index < -0.39 is 0 Å². The van der Waals surface area contributed by atoms with E-state index in [1.807, 2.05) is 36.4 Å². The molecule has 0 bridgehead atoms. The zero-order chi connectivity index (χ0) is 21.8. The van der Waals surface area contributed by atoms with E-state index in [1.54, 1.807) is 21.5 Å². The minimum absolute atomic E-state index is 0.155. The molecule has 0 spiro atoms. The van der Waals surface area contributed by atoms with Crippen molar-refractivity contribution in [2.45, 2.75) is 12.5 Å². The Balaban J connectivity index is 1.58. The molecule has 0 aliphatic carbocycles. The molecule has 4 aromatic heterocycles. The standard InChI is InChI=1S/C22H15BrN8O/c23-15-6-9-30-18(15)22(32)31(14-4-2-1-3-5-14)20(28-30)16-7-8-29(16)21-17-13(10-24)11-25-19(17)26-12-27-21/h1-6,9,11-12,16H,7-8H2,(H,25,26,27). The van der Waals surface area contributed by atoms with Gasteiger partial charge in [-0.2, -0.15) is 10.4 Å². The first kappa shape index (κ1) is 18.8. The van der Waals surface area contributed by atoms with Crippen molar-refractivity contribution in [2.75, 3.05) is 11.4 Å². The van der Waals surface area contributed by atoms with Crippen molar-refractivity contribution in [3.8, 4) is 11.8 Å². The maximum atomic E-state index is 13.6. The normalized spacial score (nSPS) is 15.8. The van der Waals surface area contributed by atoms with Crippen molar-refractivity contribution in [3.63, 3.8) is 0 Å². The third-order valence-corrected chi connectivity index (χ3v) is 6.48. The van der Waals surface area contributed by atoms with E-state index in [9.17, 15) is 10.1 Å². The van der Waals surface area contributed by atoms with Crippen LogP contribution in [-0.4, -0.2) is 35.7 Å². The lowest BCUT2D eigenvalue weighted by atomic mass is 10.0. The lowest BCUT2D eigenvalue weighted by Crippen LogP contribution is -2.45. The number of halogens is 1. The summed E-state index contributed by atoms with van der Waals surface area (Å²) in [6.45, 7) is 0.727. The fourth-order valence-electron chi connectivity index (χ4n) is 4.25. The summed E-state index contributed by atoms with van der Waals surface area (Å²) in [5, 5.41) is 15.1. The van der Waals surface area contributed by atoms with Crippen LogP contribution in [0.4, 0.5) is 5.82 Å². The number of aromatic amines is 1. The van der Waals surface area contributed by atoms with Crippen LogP contribution >= 0.6 is 15.9 Å². The van der Waals surface area contributed by atoms with E-state index >= 15 is 0 Å². The first-order chi connectivity index (χ1) is 15.7. The average Bonchev–Trinajstić information content (AvgIpc) is 3.38. The molecule has 1 aromatic carbocycles. The molecule has 0 saturated carbocycles. The van der Waals surface area contributed by atoms with Crippen LogP contribution in [0.15, 0.2) is 64.4 Å². The molecular formula is C22H15BrN8O. The lowest BCUT2D eigenvalue weighted by Gasteiger charge is -2.42. The molecule has 10 heteroatoms. The van der Waals surface area contributed by atoms with Gasteiger partial charge in [0, 0.05) is 18.9 Å². The number of hydrogen-bond donors (Lipinski definition) is 1. The number of nitriles is 1. The van der Waals surface area contributed by atoms with Gasteiger partial charge in [0.15, 0.2) is 5.82 Å². The van der Waals surface area contributed by atoms with Crippen molar-refractivity contribution in [1.29, 1.82) is 5.26 Å². The molecule has 1 aliphatic rings. The Morgan fingerprint density at radius 3 is 2.78 bits per heavy atom. The largest absolute Gasteiger partial charge is 0.345 e. The highest BCUT2D eigenvalue weighted by Crippen LogP contribution is 2.39. The van der Waals surface area contributed by atoms with E-state index in [0.717, 1.165) is 18.7 Å². The summed E-state index contributed by atoms with van der Waals surface area (Å²) in [5.41, 5.74) is 2.16. The van der Waals surface area contributed by atoms with Crippen molar-refractivity contribution in [3.05, 3.63) is 81.3 Å². The molecule has 5 aromatic rings. The monoisotopic (exact) mass is 486 g/mol. The molecule has 0 amide bonds. The number of benzene rings is 1. The van der Waals surface area contributed by atoms with Crippen molar-refractivity contribution in [1.82, 2.24) is 29.1 Å². The van der Waals surface area contributed by atoms with Crippen LogP contribution in [-0.2, 0) is 0 Å². The van der Waals surface area contributed by atoms with Crippen LogP contribution < -0.4 is 10.5 Å². The number of para-hydroxylation sites is 1. The predicted molar refractivity (Wildman–Crippen MR) is 122 cm³/mol. The van der Waals surface area contributed by atoms with E-state index in [4.69, 9.17) is 5.10 Å². The molecule has 1 N–H and O–H groups in total. The molecule has 1 unspecified atom stereocenters. The Morgan fingerprint density at radius 1 is 1.19 bits per heavy atom. The van der Waals surface area contributed by atoms with Gasteiger partial charge in [0.25, 0.3) is 5.56 Å². The summed E-state index contributed by atoms with van der Waals surface area (Å²) >= 11 is 3.47. The smallest absolute Gasteiger partial charge is 0.283 e. The molecule has 156 valence electrons. The number of H-pyrrole nitrogens is 1. The number of nitrogens with zero attached hydrogens (tertiary/aromatic N) is 7.